The van der Waals surface area contributed by atoms with E-state index in [9.17, 15) is 19.5 Å². The van der Waals surface area contributed by atoms with Crippen molar-refractivity contribution in [2.75, 3.05) is 13.2 Å². The van der Waals surface area contributed by atoms with Gasteiger partial charge in [-0.15, -0.1) is 0 Å². The molecule has 0 heterocycles. The van der Waals surface area contributed by atoms with Crippen LogP contribution < -0.4 is 10.1 Å². The number of hydrogen-bond acceptors (Lipinski definition) is 5. The largest absolute Gasteiger partial charge is 0.427 e. The first-order valence-electron chi connectivity index (χ1n) is 11.2. The van der Waals surface area contributed by atoms with Gasteiger partial charge in [0.2, 0.25) is 5.91 Å². The Hall–Kier alpha value is -3.77. The van der Waals surface area contributed by atoms with Crippen LogP contribution in [-0.4, -0.2) is 35.9 Å². The molecule has 0 saturated heterocycles. The number of aliphatic hydroxyl groups is 1. The number of ether oxygens (including phenoxy) is 1. The number of nitrogens with one attached hydrogen (secondary N) is 1. The topological polar surface area (TPSA) is 92.7 Å². The fourth-order valence-electron chi connectivity index (χ4n) is 4.01. The summed E-state index contributed by atoms with van der Waals surface area (Å²) < 4.78 is 5.16. The van der Waals surface area contributed by atoms with Gasteiger partial charge in [-0.05, 0) is 41.7 Å². The molecule has 0 aliphatic heterocycles. The fourth-order valence-corrected chi connectivity index (χ4v) is 4.01. The molecule has 0 bridgehead atoms. The van der Waals surface area contributed by atoms with Crippen LogP contribution >= 0.6 is 0 Å². The van der Waals surface area contributed by atoms with Crippen molar-refractivity contribution in [2.24, 2.45) is 5.41 Å². The second-order valence-electron chi connectivity index (χ2n) is 8.23. The van der Waals surface area contributed by atoms with Gasteiger partial charge < -0.3 is 15.2 Å². The Morgan fingerprint density at radius 3 is 1.91 bits per heavy atom. The molecule has 0 fully saturated rings. The molecule has 0 atom stereocenters. The van der Waals surface area contributed by atoms with Crippen molar-refractivity contribution in [3.63, 3.8) is 0 Å². The zero-order chi connectivity index (χ0) is 24.4. The van der Waals surface area contributed by atoms with Crippen molar-refractivity contribution < 1.29 is 24.2 Å². The molecular formula is C28H29NO5. The van der Waals surface area contributed by atoms with Crippen LogP contribution in [-0.2, 0) is 33.6 Å². The second-order valence-corrected chi connectivity index (χ2v) is 8.23. The predicted molar refractivity (Wildman–Crippen MR) is 129 cm³/mol. The van der Waals surface area contributed by atoms with Crippen LogP contribution in [0.5, 0.6) is 5.75 Å². The van der Waals surface area contributed by atoms with Crippen LogP contribution in [0.3, 0.4) is 0 Å². The number of amides is 1. The predicted octanol–water partition coefficient (Wildman–Crippen LogP) is 3.30. The Bertz CT molecular complexity index is 1070. The molecule has 3 rings (SSSR count). The molecule has 34 heavy (non-hydrogen) atoms. The van der Waals surface area contributed by atoms with Crippen LogP contribution in [0.1, 0.15) is 23.6 Å². The summed E-state index contributed by atoms with van der Waals surface area (Å²) in [7, 11) is 0. The lowest BCUT2D eigenvalue weighted by molar-refractivity contribution is -0.142. The average molecular weight is 460 g/mol. The first-order chi connectivity index (χ1) is 16.4. The summed E-state index contributed by atoms with van der Waals surface area (Å²) in [6, 6.07) is 25.6. The SMILES string of the molecule is CC(=O)Oc1cccc(CC(=O)C(Cc2ccccc2)(Cc2ccccc2)C(=O)NCCO)c1. The molecule has 1 amide bonds. The Labute approximate surface area is 199 Å². The van der Waals surface area contributed by atoms with Crippen LogP contribution in [0.25, 0.3) is 0 Å². The number of carbonyl (C=O) groups is 3. The van der Waals surface area contributed by atoms with E-state index in [0.717, 1.165) is 11.1 Å². The van der Waals surface area contributed by atoms with E-state index in [0.29, 0.717) is 11.3 Å². The van der Waals surface area contributed by atoms with E-state index in [-0.39, 0.29) is 38.2 Å². The number of rotatable bonds is 11. The standard InChI is InChI=1S/C28H29NO5/c1-21(31)34-25-14-8-13-24(17-25)18-26(32)28(27(33)29-15-16-30,19-22-9-4-2-5-10-22)20-23-11-6-3-7-12-23/h2-14,17,30H,15-16,18-20H2,1H3,(H,29,33). The fraction of sp³-hybridized carbons (Fsp3) is 0.250. The van der Waals surface area contributed by atoms with E-state index in [1.807, 2.05) is 60.7 Å². The number of benzene rings is 3. The number of ketones is 1. The number of esters is 1. The molecule has 3 aromatic carbocycles. The summed E-state index contributed by atoms with van der Waals surface area (Å²) >= 11 is 0. The zero-order valence-electron chi connectivity index (χ0n) is 19.2. The summed E-state index contributed by atoms with van der Waals surface area (Å²) in [5.74, 6) is -0.778. The minimum Gasteiger partial charge on any atom is -0.427 e. The Balaban J connectivity index is 2.02. The third-order valence-electron chi connectivity index (χ3n) is 5.59. The van der Waals surface area contributed by atoms with Crippen molar-refractivity contribution in [2.45, 2.75) is 26.2 Å². The van der Waals surface area contributed by atoms with Gasteiger partial charge in [0.15, 0.2) is 5.78 Å². The van der Waals surface area contributed by atoms with Gasteiger partial charge >= 0.3 is 5.97 Å². The molecule has 6 nitrogen and oxygen atoms in total. The third kappa shape index (κ3) is 6.62. The first-order valence-corrected chi connectivity index (χ1v) is 11.2. The number of aliphatic hydroxyl groups excluding tert-OH is 1. The van der Waals surface area contributed by atoms with Crippen molar-refractivity contribution in [3.05, 3.63) is 102 Å². The third-order valence-corrected chi connectivity index (χ3v) is 5.59. The van der Waals surface area contributed by atoms with Crippen LogP contribution in [0, 0.1) is 5.41 Å². The number of carbonyl (C=O) groups excluding carboxylic acids is 3. The minimum absolute atomic E-state index is 0.0126. The molecule has 0 saturated carbocycles. The lowest BCUT2D eigenvalue weighted by atomic mass is 9.71. The Kier molecular flexibility index (Phi) is 8.71. The molecule has 176 valence electrons. The van der Waals surface area contributed by atoms with E-state index >= 15 is 0 Å². The molecule has 3 aromatic rings. The number of hydrogen-bond donors (Lipinski definition) is 2. The highest BCUT2D eigenvalue weighted by atomic mass is 16.5. The molecule has 0 aliphatic carbocycles. The highest BCUT2D eigenvalue weighted by Gasteiger charge is 2.45. The molecule has 0 unspecified atom stereocenters. The molecule has 0 aromatic heterocycles. The lowest BCUT2D eigenvalue weighted by Gasteiger charge is -2.32. The smallest absolute Gasteiger partial charge is 0.308 e. The molecular weight excluding hydrogens is 430 g/mol. The normalized spacial score (nSPS) is 11.0. The quantitative estimate of drug-likeness (QED) is 0.261. The average Bonchev–Trinajstić information content (AvgIpc) is 2.83. The molecule has 0 spiro atoms. The maximum Gasteiger partial charge on any atom is 0.308 e. The van der Waals surface area contributed by atoms with Crippen molar-refractivity contribution in [1.82, 2.24) is 5.32 Å². The summed E-state index contributed by atoms with van der Waals surface area (Å²) in [6.45, 7) is 1.14. The van der Waals surface area contributed by atoms with E-state index in [1.165, 1.54) is 6.92 Å². The van der Waals surface area contributed by atoms with Gasteiger partial charge in [0.25, 0.3) is 0 Å². The van der Waals surface area contributed by atoms with Crippen molar-refractivity contribution in [1.29, 1.82) is 0 Å². The second kappa shape index (κ2) is 11.9. The zero-order valence-corrected chi connectivity index (χ0v) is 19.2. The van der Waals surface area contributed by atoms with Gasteiger partial charge in [0, 0.05) is 19.9 Å². The highest BCUT2D eigenvalue weighted by molar-refractivity contribution is 6.07. The minimum atomic E-state index is -1.39. The summed E-state index contributed by atoms with van der Waals surface area (Å²) in [5, 5.41) is 12.0. The summed E-state index contributed by atoms with van der Waals surface area (Å²) in [5.41, 5.74) is 0.971. The van der Waals surface area contributed by atoms with E-state index < -0.39 is 17.3 Å². The van der Waals surface area contributed by atoms with Gasteiger partial charge in [0.1, 0.15) is 11.2 Å². The van der Waals surface area contributed by atoms with E-state index in [2.05, 4.69) is 5.32 Å². The maximum absolute atomic E-state index is 14.0. The van der Waals surface area contributed by atoms with Gasteiger partial charge in [0.05, 0.1) is 6.61 Å². The van der Waals surface area contributed by atoms with Gasteiger partial charge in [-0.25, -0.2) is 0 Å². The van der Waals surface area contributed by atoms with E-state index in [4.69, 9.17) is 4.74 Å². The summed E-state index contributed by atoms with van der Waals surface area (Å²) in [6.07, 6.45) is 0.409. The Morgan fingerprint density at radius 1 is 0.824 bits per heavy atom. The molecule has 2 N–H and O–H groups in total. The molecule has 6 heteroatoms. The summed E-state index contributed by atoms with van der Waals surface area (Å²) in [4.78, 5) is 38.9. The maximum atomic E-state index is 14.0. The molecule has 0 aliphatic rings. The van der Waals surface area contributed by atoms with Crippen molar-refractivity contribution in [3.8, 4) is 5.75 Å². The monoisotopic (exact) mass is 459 g/mol. The van der Waals surface area contributed by atoms with Crippen molar-refractivity contribution >= 4 is 17.7 Å². The van der Waals surface area contributed by atoms with Crippen LogP contribution in [0.4, 0.5) is 0 Å². The molecule has 0 radical (unpaired) electrons. The van der Waals surface area contributed by atoms with E-state index in [1.54, 1.807) is 24.3 Å². The van der Waals surface area contributed by atoms with Gasteiger partial charge in [-0.1, -0.05) is 72.8 Å². The first kappa shape index (κ1) is 24.9. The lowest BCUT2D eigenvalue weighted by Crippen LogP contribution is -2.51. The van der Waals surface area contributed by atoms with Crippen LogP contribution in [0.2, 0.25) is 0 Å². The van der Waals surface area contributed by atoms with Gasteiger partial charge in [-0.3, -0.25) is 14.4 Å². The highest BCUT2D eigenvalue weighted by Crippen LogP contribution is 2.32. The number of Topliss-reactive ketones (excluding diaryl/α,β-unsaturated/α-hetero) is 1. The van der Waals surface area contributed by atoms with Crippen LogP contribution in [0.15, 0.2) is 84.9 Å². The Morgan fingerprint density at radius 2 is 1.38 bits per heavy atom. The van der Waals surface area contributed by atoms with Gasteiger partial charge in [-0.2, -0.15) is 0 Å².